The third-order valence-electron chi connectivity index (χ3n) is 1.72. The van der Waals surface area contributed by atoms with Crippen molar-refractivity contribution in [3.8, 4) is 0 Å². The third kappa shape index (κ3) is 4.15. The van der Waals surface area contributed by atoms with Gasteiger partial charge in [0, 0.05) is 0 Å². The number of ether oxygens (including phenoxy) is 1. The first-order valence-corrected chi connectivity index (χ1v) is 4.69. The highest BCUT2D eigenvalue weighted by Crippen LogP contribution is 2.10. The van der Waals surface area contributed by atoms with E-state index in [1.54, 1.807) is 20.8 Å². The fourth-order valence-corrected chi connectivity index (χ4v) is 0.812. The Labute approximate surface area is 98.4 Å². The van der Waals surface area contributed by atoms with Crippen molar-refractivity contribution in [2.45, 2.75) is 37.8 Å². The zero-order valence-corrected chi connectivity index (χ0v) is 9.98. The number of hydrogen-bond acceptors (Lipinski definition) is 7. The second-order valence-corrected chi connectivity index (χ2v) is 4.67. The van der Waals surface area contributed by atoms with Crippen LogP contribution in [0, 0.1) is 0 Å². The molecule has 0 rings (SSSR count). The van der Waals surface area contributed by atoms with Crippen LogP contribution in [0.25, 0.3) is 0 Å². The first kappa shape index (κ1) is 15.6. The van der Waals surface area contributed by atoms with Gasteiger partial charge in [-0.3, -0.25) is 28.3 Å². The summed E-state index contributed by atoms with van der Waals surface area (Å²) in [5, 5.41) is 10.7. The van der Waals surface area contributed by atoms with Gasteiger partial charge in [-0.05, 0) is 20.8 Å². The molecule has 17 heavy (non-hydrogen) atoms. The van der Waals surface area contributed by atoms with Crippen molar-refractivity contribution in [2.75, 3.05) is 0 Å². The van der Waals surface area contributed by atoms with Crippen molar-refractivity contribution < 1.29 is 19.4 Å². The van der Waals surface area contributed by atoms with Crippen molar-refractivity contribution in [3.05, 3.63) is 0 Å². The monoisotopic (exact) mass is 249 g/mol. The van der Waals surface area contributed by atoms with Crippen LogP contribution in [-0.4, -0.2) is 34.2 Å². The molecule has 0 radical (unpaired) electrons. The van der Waals surface area contributed by atoms with Crippen LogP contribution in [0.1, 0.15) is 20.8 Å². The van der Waals surface area contributed by atoms with Crippen LogP contribution in [0.3, 0.4) is 0 Å². The molecule has 0 aromatic heterocycles. The van der Waals surface area contributed by atoms with Gasteiger partial charge in [-0.25, -0.2) is 9.59 Å². The fourth-order valence-electron chi connectivity index (χ4n) is 0.812. The number of carboxylic acids is 1. The van der Waals surface area contributed by atoms with E-state index in [0.717, 1.165) is 0 Å². The van der Waals surface area contributed by atoms with Crippen LogP contribution in [0.2, 0.25) is 0 Å². The summed E-state index contributed by atoms with van der Waals surface area (Å²) in [6.45, 7) is 4.77. The molecule has 9 nitrogen and oxygen atoms in total. The van der Waals surface area contributed by atoms with E-state index in [1.807, 2.05) is 5.32 Å². The number of nitrogens with two attached hydrogens (primary N) is 4. The highest BCUT2D eigenvalue weighted by molar-refractivity contribution is 5.85. The molecule has 1 amide bonds. The van der Waals surface area contributed by atoms with E-state index in [2.05, 4.69) is 0 Å². The molecule has 0 aliphatic carbocycles. The van der Waals surface area contributed by atoms with Gasteiger partial charge in [0.1, 0.15) is 5.60 Å². The summed E-state index contributed by atoms with van der Waals surface area (Å²) in [5.74, 6) is -4.04. The van der Waals surface area contributed by atoms with E-state index in [4.69, 9.17) is 32.8 Å². The van der Waals surface area contributed by atoms with Crippen LogP contribution >= 0.6 is 0 Å². The number of nitrogens with one attached hydrogen (secondary N) is 1. The zero-order chi connectivity index (χ0) is 14.1. The fraction of sp³-hybridized carbons (Fsp3) is 0.750. The van der Waals surface area contributed by atoms with Gasteiger partial charge in [-0.1, -0.05) is 0 Å². The Morgan fingerprint density at radius 3 is 1.76 bits per heavy atom. The minimum absolute atomic E-state index is 0.829. The summed E-state index contributed by atoms with van der Waals surface area (Å²) in [6.07, 6.45) is -1.09. The van der Waals surface area contributed by atoms with Gasteiger partial charge in [0.2, 0.25) is 5.66 Å². The number of hydrogen-bond donors (Lipinski definition) is 6. The van der Waals surface area contributed by atoms with Gasteiger partial charge in [0.05, 0.1) is 0 Å². The lowest BCUT2D eigenvalue weighted by Gasteiger charge is -2.37. The number of aliphatic carboxylic acids is 1. The summed E-state index contributed by atoms with van der Waals surface area (Å²) >= 11 is 0. The molecule has 100 valence electrons. The van der Waals surface area contributed by atoms with E-state index in [0.29, 0.717) is 0 Å². The number of alkyl carbamates (subject to hydrolysis) is 1. The molecule has 0 spiro atoms. The number of rotatable bonds is 3. The standard InChI is InChI=1S/C8H19N5O4/c1-6(2,3)17-5(16)13-7(9,4(14)15)8(10,11)12/h9-12H2,1-3H3,(H,13,16)(H,14,15). The van der Waals surface area contributed by atoms with Crippen LogP contribution in [0.4, 0.5) is 4.79 Å². The van der Waals surface area contributed by atoms with Crippen LogP contribution in [0.5, 0.6) is 0 Å². The first-order chi connectivity index (χ1) is 7.29. The minimum Gasteiger partial charge on any atom is -0.478 e. The summed E-state index contributed by atoms with van der Waals surface area (Å²) < 4.78 is 4.82. The van der Waals surface area contributed by atoms with Gasteiger partial charge in [0.15, 0.2) is 5.79 Å². The Bertz CT molecular complexity index is 319. The number of carbonyl (C=O) groups excluding carboxylic acids is 1. The second kappa shape index (κ2) is 4.45. The van der Waals surface area contributed by atoms with Crippen LogP contribution < -0.4 is 28.3 Å². The summed E-state index contributed by atoms with van der Waals surface area (Å²) in [6, 6.07) is 0. The third-order valence-corrected chi connectivity index (χ3v) is 1.72. The molecule has 0 aliphatic heterocycles. The highest BCUT2D eigenvalue weighted by atomic mass is 16.6. The Morgan fingerprint density at radius 1 is 1.12 bits per heavy atom. The molecule has 1 unspecified atom stereocenters. The van der Waals surface area contributed by atoms with E-state index in [1.165, 1.54) is 0 Å². The van der Waals surface area contributed by atoms with Crippen LogP contribution in [0.15, 0.2) is 0 Å². The van der Waals surface area contributed by atoms with Gasteiger partial charge in [-0.15, -0.1) is 0 Å². The molecule has 9 heteroatoms. The molecule has 0 aliphatic rings. The lowest BCUT2D eigenvalue weighted by atomic mass is 10.0. The van der Waals surface area contributed by atoms with Crippen molar-refractivity contribution in [2.24, 2.45) is 22.9 Å². The zero-order valence-electron chi connectivity index (χ0n) is 9.98. The van der Waals surface area contributed by atoms with E-state index in [9.17, 15) is 9.59 Å². The number of carbonyl (C=O) groups is 2. The van der Waals surface area contributed by atoms with Crippen molar-refractivity contribution >= 4 is 12.1 Å². The maximum atomic E-state index is 11.4. The average molecular weight is 249 g/mol. The molecule has 0 fully saturated rings. The quantitative estimate of drug-likeness (QED) is 0.304. The Kier molecular flexibility index (Phi) is 4.08. The highest BCUT2D eigenvalue weighted by Gasteiger charge is 2.50. The lowest BCUT2D eigenvalue weighted by Crippen LogP contribution is -2.85. The van der Waals surface area contributed by atoms with Gasteiger partial charge in [-0.2, -0.15) is 0 Å². The summed E-state index contributed by atoms with van der Waals surface area (Å²) in [5.41, 5.74) is 17.6. The van der Waals surface area contributed by atoms with E-state index in [-0.39, 0.29) is 0 Å². The number of carboxylic acid groups (broad SMARTS) is 1. The van der Waals surface area contributed by atoms with E-state index >= 15 is 0 Å². The van der Waals surface area contributed by atoms with Gasteiger partial charge in [0.25, 0.3) is 0 Å². The van der Waals surface area contributed by atoms with Gasteiger partial charge < -0.3 is 9.84 Å². The van der Waals surface area contributed by atoms with Gasteiger partial charge >= 0.3 is 12.1 Å². The van der Waals surface area contributed by atoms with Crippen LogP contribution in [-0.2, 0) is 9.53 Å². The Hall–Kier alpha value is -1.42. The average Bonchev–Trinajstić information content (AvgIpc) is 1.96. The molecule has 0 heterocycles. The minimum atomic E-state index is -2.55. The normalized spacial score (nSPS) is 15.9. The molecule has 1 atom stereocenters. The largest absolute Gasteiger partial charge is 0.478 e. The summed E-state index contributed by atoms with van der Waals surface area (Å²) in [7, 11) is 0. The maximum absolute atomic E-state index is 11.4. The SMILES string of the molecule is CC(C)(C)OC(=O)NC(N)(C(=O)O)C(N)(N)N. The molecule has 0 aromatic rings. The Morgan fingerprint density at radius 2 is 1.53 bits per heavy atom. The number of amides is 1. The predicted molar refractivity (Wildman–Crippen MR) is 59.2 cm³/mol. The maximum Gasteiger partial charge on any atom is 0.409 e. The molecule has 0 saturated heterocycles. The van der Waals surface area contributed by atoms with Crippen molar-refractivity contribution in [1.82, 2.24) is 5.32 Å². The topological polar surface area (TPSA) is 180 Å². The first-order valence-electron chi connectivity index (χ1n) is 4.69. The van der Waals surface area contributed by atoms with Crippen molar-refractivity contribution in [3.63, 3.8) is 0 Å². The molecule has 0 bridgehead atoms. The lowest BCUT2D eigenvalue weighted by molar-refractivity contribution is -0.148. The smallest absolute Gasteiger partial charge is 0.409 e. The second-order valence-electron chi connectivity index (χ2n) is 4.67. The van der Waals surface area contributed by atoms with E-state index < -0.39 is 29.1 Å². The molecular formula is C8H19N5O4. The molecular weight excluding hydrogens is 230 g/mol. The molecule has 0 saturated carbocycles. The predicted octanol–water partition coefficient (Wildman–Crippen LogP) is -2.22. The summed E-state index contributed by atoms with van der Waals surface area (Å²) in [4.78, 5) is 22.3. The van der Waals surface area contributed by atoms with Crippen molar-refractivity contribution in [1.29, 1.82) is 0 Å². The Balaban J connectivity index is 4.93. The molecule has 10 N–H and O–H groups in total. The molecule has 0 aromatic carbocycles.